The number of carbonyl (C=O) groups excluding carboxylic acids is 2. The van der Waals surface area contributed by atoms with Crippen LogP contribution in [0, 0.1) is 22.7 Å². The van der Waals surface area contributed by atoms with E-state index in [1.54, 1.807) is 0 Å². The Kier molecular flexibility index (Phi) is 3.83. The number of rotatable bonds is 4. The summed E-state index contributed by atoms with van der Waals surface area (Å²) in [7, 11) is 0. The van der Waals surface area contributed by atoms with Crippen LogP contribution in [0.3, 0.4) is 0 Å². The van der Waals surface area contributed by atoms with E-state index in [0.717, 1.165) is 18.4 Å². The van der Waals surface area contributed by atoms with Gasteiger partial charge in [0.2, 0.25) is 0 Å². The summed E-state index contributed by atoms with van der Waals surface area (Å²) in [6, 6.07) is 0. The Morgan fingerprint density at radius 1 is 1.40 bits per heavy atom. The van der Waals surface area contributed by atoms with Gasteiger partial charge in [-0.15, -0.1) is 0 Å². The Morgan fingerprint density at radius 3 is 2.50 bits per heavy atom. The van der Waals surface area contributed by atoms with E-state index in [9.17, 15) is 9.59 Å². The molecule has 3 heteroatoms. The molecular weight excluding hydrogens is 252 g/mol. The van der Waals surface area contributed by atoms with Crippen LogP contribution in [-0.2, 0) is 14.3 Å². The number of hydrogen-bond donors (Lipinski definition) is 0. The molecule has 2 rings (SSSR count). The summed E-state index contributed by atoms with van der Waals surface area (Å²) in [6.45, 7) is 10.6. The second kappa shape index (κ2) is 5.01. The van der Waals surface area contributed by atoms with Crippen LogP contribution in [0.4, 0.5) is 0 Å². The van der Waals surface area contributed by atoms with Crippen molar-refractivity contribution in [3.05, 3.63) is 11.6 Å². The zero-order valence-electron chi connectivity index (χ0n) is 13.3. The van der Waals surface area contributed by atoms with Crippen LogP contribution < -0.4 is 0 Å². The highest BCUT2D eigenvalue weighted by Crippen LogP contribution is 2.65. The van der Waals surface area contributed by atoms with Gasteiger partial charge in [0.15, 0.2) is 5.78 Å². The van der Waals surface area contributed by atoms with Gasteiger partial charge in [0.25, 0.3) is 0 Å². The van der Waals surface area contributed by atoms with E-state index in [0.29, 0.717) is 18.9 Å². The van der Waals surface area contributed by atoms with Crippen molar-refractivity contribution in [2.24, 2.45) is 22.7 Å². The summed E-state index contributed by atoms with van der Waals surface area (Å²) in [4.78, 5) is 24.7. The minimum Gasteiger partial charge on any atom is -0.466 e. The Hall–Kier alpha value is -1.12. The van der Waals surface area contributed by atoms with Crippen molar-refractivity contribution in [2.45, 2.75) is 53.9 Å². The third kappa shape index (κ3) is 1.94. The molecule has 2 aliphatic carbocycles. The van der Waals surface area contributed by atoms with Gasteiger partial charge in [-0.3, -0.25) is 9.59 Å². The molecule has 2 aliphatic rings. The van der Waals surface area contributed by atoms with E-state index in [1.807, 2.05) is 19.9 Å². The predicted octanol–water partition coefficient (Wildman–Crippen LogP) is 3.53. The fourth-order valence-electron chi connectivity index (χ4n) is 3.94. The number of ether oxygens (including phenoxy) is 1. The van der Waals surface area contributed by atoms with Gasteiger partial charge in [-0.05, 0) is 43.1 Å². The standard InChI is InChI=1S/C17H26O3/c1-6-11(15(19)20-7-2)10-12-13-8-9-17(5,14(12)18)16(13,3)4/h10-11,13H,6-9H2,1-5H3/b12-10+/t11-,13+,17+/m1/s1. The molecule has 0 aliphatic heterocycles. The second-order valence-electron chi connectivity index (χ2n) is 6.86. The van der Waals surface area contributed by atoms with Crippen LogP contribution in [0.2, 0.25) is 0 Å². The average molecular weight is 278 g/mol. The Morgan fingerprint density at radius 2 is 2.05 bits per heavy atom. The van der Waals surface area contributed by atoms with Crippen molar-refractivity contribution in [1.82, 2.24) is 0 Å². The Bertz CT molecular complexity index is 461. The first kappa shape index (κ1) is 15.3. The van der Waals surface area contributed by atoms with Gasteiger partial charge < -0.3 is 4.74 Å². The van der Waals surface area contributed by atoms with E-state index in [-0.39, 0.29) is 28.5 Å². The normalized spacial score (nSPS) is 34.5. The fourth-order valence-corrected chi connectivity index (χ4v) is 3.94. The molecular formula is C17H26O3. The van der Waals surface area contributed by atoms with Crippen LogP contribution in [0.25, 0.3) is 0 Å². The van der Waals surface area contributed by atoms with Crippen LogP contribution in [-0.4, -0.2) is 18.4 Å². The highest BCUT2D eigenvalue weighted by atomic mass is 16.5. The molecule has 0 saturated heterocycles. The molecule has 112 valence electrons. The second-order valence-corrected chi connectivity index (χ2v) is 6.86. The summed E-state index contributed by atoms with van der Waals surface area (Å²) in [5.41, 5.74) is 0.628. The molecule has 0 aromatic heterocycles. The number of allylic oxidation sites excluding steroid dienone is 1. The molecule has 0 N–H and O–H groups in total. The maximum atomic E-state index is 12.7. The van der Waals surface area contributed by atoms with Crippen molar-refractivity contribution >= 4 is 11.8 Å². The molecule has 0 aromatic rings. The molecule has 2 bridgehead atoms. The largest absolute Gasteiger partial charge is 0.466 e. The van der Waals surface area contributed by atoms with Gasteiger partial charge in [-0.25, -0.2) is 0 Å². The molecule has 0 spiro atoms. The number of ketones is 1. The molecule has 3 atom stereocenters. The number of carbonyl (C=O) groups is 2. The summed E-state index contributed by atoms with van der Waals surface area (Å²) in [5.74, 6) is 0.0543. The first-order chi connectivity index (χ1) is 9.29. The minimum absolute atomic E-state index is 0.00285. The van der Waals surface area contributed by atoms with Crippen molar-refractivity contribution in [3.8, 4) is 0 Å². The van der Waals surface area contributed by atoms with Gasteiger partial charge in [0, 0.05) is 5.41 Å². The zero-order chi connectivity index (χ0) is 15.1. The molecule has 0 aromatic carbocycles. The lowest BCUT2D eigenvalue weighted by Crippen LogP contribution is -2.32. The van der Waals surface area contributed by atoms with Crippen molar-refractivity contribution in [3.63, 3.8) is 0 Å². The molecule has 0 amide bonds. The SMILES string of the molecule is CCOC(=O)[C@@H](/C=C1/C(=O)[C@]2(C)CC[C@@H]1C2(C)C)CC. The lowest BCUT2D eigenvalue weighted by molar-refractivity contribution is -0.146. The van der Waals surface area contributed by atoms with E-state index < -0.39 is 0 Å². The number of Topliss-reactive ketones (excluding diaryl/α,β-unsaturated/α-hetero) is 1. The van der Waals surface area contributed by atoms with Crippen molar-refractivity contribution in [2.75, 3.05) is 6.61 Å². The highest BCUT2D eigenvalue weighted by molar-refractivity contribution is 6.05. The molecule has 3 nitrogen and oxygen atoms in total. The third-order valence-corrected chi connectivity index (χ3v) is 5.77. The molecule has 0 radical (unpaired) electrons. The van der Waals surface area contributed by atoms with Gasteiger partial charge >= 0.3 is 5.97 Å². The number of fused-ring (bicyclic) bond motifs is 2. The Labute approximate surface area is 121 Å². The van der Waals surface area contributed by atoms with Gasteiger partial charge in [0.05, 0.1) is 12.5 Å². The van der Waals surface area contributed by atoms with E-state index >= 15 is 0 Å². The first-order valence-electron chi connectivity index (χ1n) is 7.72. The summed E-state index contributed by atoms with van der Waals surface area (Å²) >= 11 is 0. The van der Waals surface area contributed by atoms with Crippen LogP contribution in [0.5, 0.6) is 0 Å². The first-order valence-corrected chi connectivity index (χ1v) is 7.72. The van der Waals surface area contributed by atoms with Crippen LogP contribution >= 0.6 is 0 Å². The summed E-state index contributed by atoms with van der Waals surface area (Å²) in [5, 5.41) is 0. The summed E-state index contributed by atoms with van der Waals surface area (Å²) < 4.78 is 5.10. The smallest absolute Gasteiger partial charge is 0.312 e. The third-order valence-electron chi connectivity index (χ3n) is 5.77. The molecule has 2 fully saturated rings. The van der Waals surface area contributed by atoms with Gasteiger partial charge in [-0.1, -0.05) is 33.8 Å². The highest BCUT2D eigenvalue weighted by Gasteiger charge is 2.63. The maximum Gasteiger partial charge on any atom is 0.312 e. The monoisotopic (exact) mass is 278 g/mol. The van der Waals surface area contributed by atoms with E-state index in [2.05, 4.69) is 20.8 Å². The van der Waals surface area contributed by atoms with Gasteiger partial charge in [0.1, 0.15) is 0 Å². The van der Waals surface area contributed by atoms with Crippen molar-refractivity contribution < 1.29 is 14.3 Å². The average Bonchev–Trinajstić information content (AvgIpc) is 2.69. The molecule has 20 heavy (non-hydrogen) atoms. The molecule has 2 saturated carbocycles. The fraction of sp³-hybridized carbons (Fsp3) is 0.765. The van der Waals surface area contributed by atoms with Crippen LogP contribution in [0.1, 0.15) is 53.9 Å². The molecule has 0 heterocycles. The zero-order valence-corrected chi connectivity index (χ0v) is 13.3. The van der Waals surface area contributed by atoms with E-state index in [1.165, 1.54) is 0 Å². The number of hydrogen-bond acceptors (Lipinski definition) is 3. The van der Waals surface area contributed by atoms with Gasteiger partial charge in [-0.2, -0.15) is 0 Å². The minimum atomic E-state index is -0.285. The lowest BCUT2D eigenvalue weighted by atomic mass is 9.70. The quantitative estimate of drug-likeness (QED) is 0.583. The topological polar surface area (TPSA) is 43.4 Å². The van der Waals surface area contributed by atoms with Crippen LogP contribution in [0.15, 0.2) is 11.6 Å². The van der Waals surface area contributed by atoms with E-state index in [4.69, 9.17) is 4.74 Å². The number of esters is 1. The molecule has 0 unspecified atom stereocenters. The van der Waals surface area contributed by atoms with Crippen molar-refractivity contribution in [1.29, 1.82) is 0 Å². The maximum absolute atomic E-state index is 12.7. The Balaban J connectivity index is 2.32. The lowest BCUT2D eigenvalue weighted by Gasteiger charge is -2.31. The predicted molar refractivity (Wildman–Crippen MR) is 78.1 cm³/mol. The summed E-state index contributed by atoms with van der Waals surface area (Å²) in [6.07, 6.45) is 4.61.